The number of aromatic nitrogens is 1. The maximum atomic E-state index is 11.9. The third-order valence-corrected chi connectivity index (χ3v) is 2.78. The Morgan fingerprint density at radius 1 is 1.37 bits per heavy atom. The molecule has 0 fully saturated rings. The van der Waals surface area contributed by atoms with E-state index in [1.807, 2.05) is 18.2 Å². The van der Waals surface area contributed by atoms with Crippen molar-refractivity contribution >= 4 is 17.5 Å². The van der Waals surface area contributed by atoms with Crippen LogP contribution in [-0.4, -0.2) is 18.0 Å². The van der Waals surface area contributed by atoms with Crippen LogP contribution in [0, 0.1) is 0 Å². The molecule has 0 aliphatic rings. The summed E-state index contributed by atoms with van der Waals surface area (Å²) in [4.78, 5) is 15.9. The molecular formula is C14H13ClN2O2. The third-order valence-electron chi connectivity index (χ3n) is 2.55. The molecule has 1 aromatic carbocycles. The van der Waals surface area contributed by atoms with Crippen molar-refractivity contribution in [2.45, 2.75) is 6.54 Å². The average molecular weight is 277 g/mol. The van der Waals surface area contributed by atoms with E-state index in [2.05, 4.69) is 10.3 Å². The number of hydrogen-bond acceptors (Lipinski definition) is 3. The van der Waals surface area contributed by atoms with E-state index in [-0.39, 0.29) is 5.91 Å². The lowest BCUT2D eigenvalue weighted by molar-refractivity contribution is 0.0950. The molecule has 19 heavy (non-hydrogen) atoms. The molecule has 1 heterocycles. The zero-order valence-electron chi connectivity index (χ0n) is 10.4. The summed E-state index contributed by atoms with van der Waals surface area (Å²) in [6.45, 7) is 0.422. The number of carbonyl (C=O) groups is 1. The van der Waals surface area contributed by atoms with Gasteiger partial charge in [-0.15, -0.1) is 0 Å². The SMILES string of the molecule is COc1ccc(C(=O)NCc2cccc(Cl)c2)cn1. The number of methoxy groups -OCH3 is 1. The second kappa shape index (κ2) is 6.20. The summed E-state index contributed by atoms with van der Waals surface area (Å²) in [7, 11) is 1.53. The molecule has 0 saturated carbocycles. The number of hydrogen-bond donors (Lipinski definition) is 1. The van der Waals surface area contributed by atoms with Gasteiger partial charge in [0.05, 0.1) is 12.7 Å². The zero-order valence-corrected chi connectivity index (χ0v) is 11.1. The topological polar surface area (TPSA) is 51.2 Å². The van der Waals surface area contributed by atoms with E-state index >= 15 is 0 Å². The molecule has 4 nitrogen and oxygen atoms in total. The van der Waals surface area contributed by atoms with Crippen LogP contribution in [0.5, 0.6) is 5.88 Å². The van der Waals surface area contributed by atoms with Crippen molar-refractivity contribution in [3.63, 3.8) is 0 Å². The van der Waals surface area contributed by atoms with Crippen LogP contribution in [0.1, 0.15) is 15.9 Å². The number of nitrogens with zero attached hydrogens (tertiary/aromatic N) is 1. The summed E-state index contributed by atoms with van der Waals surface area (Å²) >= 11 is 5.87. The van der Waals surface area contributed by atoms with Gasteiger partial charge in [0.25, 0.3) is 5.91 Å². The summed E-state index contributed by atoms with van der Waals surface area (Å²) in [5.74, 6) is 0.293. The van der Waals surface area contributed by atoms with Crippen LogP contribution in [0.25, 0.3) is 0 Å². The van der Waals surface area contributed by atoms with Crippen molar-refractivity contribution in [1.29, 1.82) is 0 Å². The first-order valence-electron chi connectivity index (χ1n) is 5.72. The predicted octanol–water partition coefficient (Wildman–Crippen LogP) is 2.67. The van der Waals surface area contributed by atoms with E-state index in [1.165, 1.54) is 13.3 Å². The van der Waals surface area contributed by atoms with E-state index in [4.69, 9.17) is 16.3 Å². The highest BCUT2D eigenvalue weighted by molar-refractivity contribution is 6.30. The second-order valence-electron chi connectivity index (χ2n) is 3.90. The molecule has 0 spiro atoms. The van der Waals surface area contributed by atoms with Gasteiger partial charge in [0.1, 0.15) is 0 Å². The molecule has 1 aromatic heterocycles. The van der Waals surface area contributed by atoms with Gasteiger partial charge >= 0.3 is 0 Å². The Kier molecular flexibility index (Phi) is 4.36. The fourth-order valence-corrected chi connectivity index (χ4v) is 1.78. The van der Waals surface area contributed by atoms with Gasteiger partial charge in [0.2, 0.25) is 5.88 Å². The van der Waals surface area contributed by atoms with Crippen molar-refractivity contribution in [1.82, 2.24) is 10.3 Å². The molecule has 1 N–H and O–H groups in total. The normalized spacial score (nSPS) is 10.0. The van der Waals surface area contributed by atoms with Crippen LogP contribution in [0.2, 0.25) is 5.02 Å². The van der Waals surface area contributed by atoms with E-state index in [0.29, 0.717) is 23.0 Å². The van der Waals surface area contributed by atoms with Crippen molar-refractivity contribution < 1.29 is 9.53 Å². The van der Waals surface area contributed by atoms with Crippen molar-refractivity contribution in [3.8, 4) is 5.88 Å². The van der Waals surface area contributed by atoms with Gasteiger partial charge in [-0.2, -0.15) is 0 Å². The highest BCUT2D eigenvalue weighted by Crippen LogP contribution is 2.11. The predicted molar refractivity (Wildman–Crippen MR) is 73.4 cm³/mol. The minimum absolute atomic E-state index is 0.185. The summed E-state index contributed by atoms with van der Waals surface area (Å²) in [6, 6.07) is 10.7. The van der Waals surface area contributed by atoms with Crippen molar-refractivity contribution in [2.75, 3.05) is 7.11 Å². The molecule has 98 valence electrons. The number of benzene rings is 1. The molecule has 1 amide bonds. The molecule has 0 unspecified atom stereocenters. The largest absolute Gasteiger partial charge is 0.481 e. The Labute approximate surface area is 116 Å². The number of pyridine rings is 1. The minimum atomic E-state index is -0.185. The molecule has 0 radical (unpaired) electrons. The van der Waals surface area contributed by atoms with Crippen LogP contribution in [0.3, 0.4) is 0 Å². The monoisotopic (exact) mass is 276 g/mol. The number of nitrogens with one attached hydrogen (secondary N) is 1. The number of amides is 1. The number of rotatable bonds is 4. The lowest BCUT2D eigenvalue weighted by atomic mass is 10.2. The molecule has 0 bridgehead atoms. The van der Waals surface area contributed by atoms with Crippen LogP contribution < -0.4 is 10.1 Å². The van der Waals surface area contributed by atoms with Crippen LogP contribution in [0.15, 0.2) is 42.6 Å². The van der Waals surface area contributed by atoms with E-state index < -0.39 is 0 Å². The Hall–Kier alpha value is -2.07. The first-order chi connectivity index (χ1) is 9.19. The van der Waals surface area contributed by atoms with Gasteiger partial charge in [0, 0.05) is 23.8 Å². The number of halogens is 1. The summed E-state index contributed by atoms with van der Waals surface area (Å²) in [5, 5.41) is 3.45. The molecular weight excluding hydrogens is 264 g/mol. The van der Waals surface area contributed by atoms with Gasteiger partial charge in [-0.25, -0.2) is 4.98 Å². The minimum Gasteiger partial charge on any atom is -0.481 e. The molecule has 0 atom stereocenters. The van der Waals surface area contributed by atoms with Gasteiger partial charge < -0.3 is 10.1 Å². The highest BCUT2D eigenvalue weighted by atomic mass is 35.5. The second-order valence-corrected chi connectivity index (χ2v) is 4.34. The van der Waals surface area contributed by atoms with Gasteiger partial charge in [0.15, 0.2) is 0 Å². The average Bonchev–Trinajstić information content (AvgIpc) is 2.45. The van der Waals surface area contributed by atoms with Gasteiger partial charge in [-0.05, 0) is 23.8 Å². The third kappa shape index (κ3) is 3.69. The molecule has 0 aliphatic carbocycles. The summed E-state index contributed by atoms with van der Waals surface area (Å²) in [6.07, 6.45) is 1.48. The molecule has 2 rings (SSSR count). The lowest BCUT2D eigenvalue weighted by Crippen LogP contribution is -2.22. The fraction of sp³-hybridized carbons (Fsp3) is 0.143. The van der Waals surface area contributed by atoms with E-state index in [9.17, 15) is 4.79 Å². The summed E-state index contributed by atoms with van der Waals surface area (Å²) < 4.78 is 4.93. The molecule has 5 heteroatoms. The van der Waals surface area contributed by atoms with E-state index in [1.54, 1.807) is 18.2 Å². The van der Waals surface area contributed by atoms with Crippen molar-refractivity contribution in [2.24, 2.45) is 0 Å². The number of carbonyl (C=O) groups excluding carboxylic acids is 1. The number of ether oxygens (including phenoxy) is 1. The van der Waals surface area contributed by atoms with Gasteiger partial charge in [-0.1, -0.05) is 23.7 Å². The Morgan fingerprint density at radius 2 is 2.21 bits per heavy atom. The van der Waals surface area contributed by atoms with Crippen LogP contribution >= 0.6 is 11.6 Å². The molecule has 2 aromatic rings. The highest BCUT2D eigenvalue weighted by Gasteiger charge is 2.06. The maximum Gasteiger partial charge on any atom is 0.253 e. The molecule has 0 aliphatic heterocycles. The smallest absolute Gasteiger partial charge is 0.253 e. The summed E-state index contributed by atoms with van der Waals surface area (Å²) in [5.41, 5.74) is 1.44. The quantitative estimate of drug-likeness (QED) is 0.934. The first kappa shape index (κ1) is 13.4. The molecule has 0 saturated heterocycles. The first-order valence-corrected chi connectivity index (χ1v) is 6.09. The fourth-order valence-electron chi connectivity index (χ4n) is 1.57. The van der Waals surface area contributed by atoms with Crippen LogP contribution in [-0.2, 0) is 6.54 Å². The lowest BCUT2D eigenvalue weighted by Gasteiger charge is -2.06. The van der Waals surface area contributed by atoms with E-state index in [0.717, 1.165) is 5.56 Å². The Bertz CT molecular complexity index is 570. The Morgan fingerprint density at radius 3 is 2.84 bits per heavy atom. The zero-order chi connectivity index (χ0) is 13.7. The maximum absolute atomic E-state index is 11.9. The Balaban J connectivity index is 1.97. The van der Waals surface area contributed by atoms with Crippen molar-refractivity contribution in [3.05, 3.63) is 58.7 Å². The standard InChI is InChI=1S/C14H13ClN2O2/c1-19-13-6-5-11(9-16-13)14(18)17-8-10-3-2-4-12(15)7-10/h2-7,9H,8H2,1H3,(H,17,18). The van der Waals surface area contributed by atoms with Crippen LogP contribution in [0.4, 0.5) is 0 Å². The van der Waals surface area contributed by atoms with Gasteiger partial charge in [-0.3, -0.25) is 4.79 Å².